The van der Waals surface area contributed by atoms with Crippen molar-refractivity contribution in [2.75, 3.05) is 26.7 Å². The first kappa shape index (κ1) is 18.7. The fraction of sp³-hybridized carbons (Fsp3) is 0.857. The number of oxime groups is 1. The monoisotopic (exact) mass is 286 g/mol. The van der Waals surface area contributed by atoms with Crippen molar-refractivity contribution in [2.24, 2.45) is 16.3 Å². The Bertz CT molecular complexity index is 312. The van der Waals surface area contributed by atoms with Crippen LogP contribution in [0, 0.1) is 5.41 Å². The van der Waals surface area contributed by atoms with Crippen molar-refractivity contribution in [3.05, 3.63) is 0 Å². The molecule has 0 bridgehead atoms. The third-order valence-electron chi connectivity index (χ3n) is 3.71. The van der Waals surface area contributed by atoms with Crippen molar-refractivity contribution in [2.45, 2.75) is 46.5 Å². The molecule has 0 saturated carbocycles. The van der Waals surface area contributed by atoms with Crippen LogP contribution in [0.25, 0.3) is 0 Å². The van der Waals surface area contributed by atoms with E-state index in [1.165, 1.54) is 0 Å². The van der Waals surface area contributed by atoms with Crippen molar-refractivity contribution in [1.29, 1.82) is 0 Å². The van der Waals surface area contributed by atoms with Gasteiger partial charge in [-0.15, -0.1) is 0 Å². The molecule has 0 saturated heterocycles. The topological polar surface area (TPSA) is 91.0 Å². The van der Waals surface area contributed by atoms with Crippen LogP contribution < -0.4 is 11.1 Å². The minimum absolute atomic E-state index is 0.0162. The number of nitrogens with one attached hydrogen (secondary N) is 1. The summed E-state index contributed by atoms with van der Waals surface area (Å²) in [5, 5.41) is 15.0. The quantitative estimate of drug-likeness (QED) is 0.245. The maximum atomic E-state index is 12.5. The Morgan fingerprint density at radius 3 is 2.25 bits per heavy atom. The first-order valence-corrected chi connectivity index (χ1v) is 7.43. The highest BCUT2D eigenvalue weighted by molar-refractivity contribution is 6.06. The van der Waals surface area contributed by atoms with E-state index in [2.05, 4.69) is 22.3 Å². The molecule has 1 amide bonds. The molecule has 0 fully saturated rings. The van der Waals surface area contributed by atoms with Crippen molar-refractivity contribution in [1.82, 2.24) is 10.2 Å². The molecule has 0 aromatic heterocycles. The molecule has 0 rings (SSSR count). The molecule has 0 atom stereocenters. The number of nitrogens with two attached hydrogens (primary N) is 1. The zero-order valence-electron chi connectivity index (χ0n) is 13.3. The number of hydrogen-bond donors (Lipinski definition) is 3. The van der Waals surface area contributed by atoms with E-state index in [1.54, 1.807) is 0 Å². The first-order valence-electron chi connectivity index (χ1n) is 7.43. The lowest BCUT2D eigenvalue weighted by Crippen LogP contribution is -2.51. The standard InChI is InChI=1S/C14H30N4O2/c1-5-8-14(9-6-2,12(15)17-20)13(19)16-10-11-18(4)7-3/h20H,5-11H2,1-4H3,(H2,15,17)(H,16,19). The third-order valence-corrected chi connectivity index (χ3v) is 3.71. The molecule has 6 nitrogen and oxygen atoms in total. The van der Waals surface area contributed by atoms with Gasteiger partial charge in [0.2, 0.25) is 5.91 Å². The van der Waals surface area contributed by atoms with Crippen LogP contribution in [0.1, 0.15) is 46.5 Å². The van der Waals surface area contributed by atoms with Crippen molar-refractivity contribution >= 4 is 11.7 Å². The molecule has 0 radical (unpaired) electrons. The lowest BCUT2D eigenvalue weighted by atomic mass is 9.77. The first-order chi connectivity index (χ1) is 9.48. The molecular weight excluding hydrogens is 256 g/mol. The molecule has 0 unspecified atom stereocenters. The largest absolute Gasteiger partial charge is 0.409 e. The summed E-state index contributed by atoms with van der Waals surface area (Å²) in [4.78, 5) is 14.6. The molecule has 6 heteroatoms. The van der Waals surface area contributed by atoms with Gasteiger partial charge in [-0.05, 0) is 26.4 Å². The lowest BCUT2D eigenvalue weighted by molar-refractivity contribution is -0.128. The summed E-state index contributed by atoms with van der Waals surface area (Å²) in [6, 6.07) is 0. The van der Waals surface area contributed by atoms with E-state index in [4.69, 9.17) is 10.9 Å². The van der Waals surface area contributed by atoms with Crippen LogP contribution in [0.2, 0.25) is 0 Å². The van der Waals surface area contributed by atoms with Crippen molar-refractivity contribution < 1.29 is 10.0 Å². The van der Waals surface area contributed by atoms with Crippen LogP contribution in [0.4, 0.5) is 0 Å². The zero-order valence-corrected chi connectivity index (χ0v) is 13.3. The minimum atomic E-state index is -0.886. The summed E-state index contributed by atoms with van der Waals surface area (Å²) >= 11 is 0. The highest BCUT2D eigenvalue weighted by Gasteiger charge is 2.41. The average Bonchev–Trinajstić information content (AvgIpc) is 2.45. The molecule has 0 spiro atoms. The van der Waals surface area contributed by atoms with E-state index in [0.717, 1.165) is 25.9 Å². The molecule has 4 N–H and O–H groups in total. The Labute approximate surface area is 122 Å². The Kier molecular flexibility index (Phi) is 8.96. The molecule has 0 heterocycles. The van der Waals surface area contributed by atoms with Gasteiger partial charge in [0.15, 0.2) is 5.84 Å². The molecule has 0 aliphatic carbocycles. The summed E-state index contributed by atoms with van der Waals surface area (Å²) in [6.45, 7) is 8.34. The van der Waals surface area contributed by atoms with Gasteiger partial charge in [0.25, 0.3) is 0 Å². The van der Waals surface area contributed by atoms with Gasteiger partial charge in [0.1, 0.15) is 5.41 Å². The lowest BCUT2D eigenvalue weighted by Gasteiger charge is -2.31. The third kappa shape index (κ3) is 5.00. The van der Waals surface area contributed by atoms with E-state index >= 15 is 0 Å². The van der Waals surface area contributed by atoms with Gasteiger partial charge in [-0.1, -0.05) is 38.8 Å². The Hall–Kier alpha value is -1.30. The predicted molar refractivity (Wildman–Crippen MR) is 81.8 cm³/mol. The summed E-state index contributed by atoms with van der Waals surface area (Å²) < 4.78 is 0. The number of carbonyl (C=O) groups is 1. The van der Waals surface area contributed by atoms with E-state index < -0.39 is 5.41 Å². The van der Waals surface area contributed by atoms with Gasteiger partial charge in [0.05, 0.1) is 0 Å². The molecule has 0 aliphatic heterocycles. The maximum absolute atomic E-state index is 12.5. The van der Waals surface area contributed by atoms with Crippen LogP contribution in [-0.4, -0.2) is 48.5 Å². The van der Waals surface area contributed by atoms with E-state index in [-0.39, 0.29) is 11.7 Å². The smallest absolute Gasteiger partial charge is 0.233 e. The number of amides is 1. The fourth-order valence-electron chi connectivity index (χ4n) is 2.36. The Balaban J connectivity index is 4.87. The maximum Gasteiger partial charge on any atom is 0.233 e. The van der Waals surface area contributed by atoms with Gasteiger partial charge >= 0.3 is 0 Å². The Morgan fingerprint density at radius 1 is 1.30 bits per heavy atom. The van der Waals surface area contributed by atoms with Crippen LogP contribution in [0.3, 0.4) is 0 Å². The average molecular weight is 286 g/mol. The number of amidine groups is 1. The second-order valence-electron chi connectivity index (χ2n) is 5.22. The SMILES string of the molecule is CCCC(CCC)(C(=O)NCCN(C)CC)C(N)=NO. The van der Waals surface area contributed by atoms with Crippen LogP contribution in [0.15, 0.2) is 5.16 Å². The highest BCUT2D eigenvalue weighted by Crippen LogP contribution is 2.30. The molecule has 20 heavy (non-hydrogen) atoms. The normalized spacial score (nSPS) is 12.8. The van der Waals surface area contributed by atoms with Gasteiger partial charge < -0.3 is 21.2 Å². The van der Waals surface area contributed by atoms with E-state index in [0.29, 0.717) is 19.4 Å². The van der Waals surface area contributed by atoms with Crippen molar-refractivity contribution in [3.8, 4) is 0 Å². The second kappa shape index (κ2) is 9.58. The number of hydrogen-bond acceptors (Lipinski definition) is 4. The summed E-state index contributed by atoms with van der Waals surface area (Å²) in [5.74, 6) is -0.122. The van der Waals surface area contributed by atoms with Gasteiger partial charge in [-0.3, -0.25) is 4.79 Å². The molecular formula is C14H30N4O2. The van der Waals surface area contributed by atoms with Crippen molar-refractivity contribution in [3.63, 3.8) is 0 Å². The highest BCUT2D eigenvalue weighted by atomic mass is 16.4. The molecule has 0 aromatic rings. The van der Waals surface area contributed by atoms with Gasteiger partial charge in [-0.2, -0.15) is 0 Å². The van der Waals surface area contributed by atoms with Crippen LogP contribution >= 0.6 is 0 Å². The number of nitrogens with zero attached hydrogens (tertiary/aromatic N) is 2. The summed E-state index contributed by atoms with van der Waals surface area (Å²) in [5.41, 5.74) is 4.93. The molecule has 0 aliphatic rings. The molecule has 0 aromatic carbocycles. The number of likely N-dealkylation sites (N-methyl/N-ethyl adjacent to an activating group) is 1. The Morgan fingerprint density at radius 2 is 1.85 bits per heavy atom. The zero-order chi connectivity index (χ0) is 15.6. The number of carbonyl (C=O) groups excluding carboxylic acids is 1. The number of rotatable bonds is 10. The fourth-order valence-corrected chi connectivity index (χ4v) is 2.36. The summed E-state index contributed by atoms with van der Waals surface area (Å²) in [7, 11) is 2.00. The van der Waals surface area contributed by atoms with Gasteiger partial charge in [-0.25, -0.2) is 0 Å². The van der Waals surface area contributed by atoms with Crippen LogP contribution in [-0.2, 0) is 4.79 Å². The van der Waals surface area contributed by atoms with Gasteiger partial charge in [0, 0.05) is 13.1 Å². The summed E-state index contributed by atoms with van der Waals surface area (Å²) in [6.07, 6.45) is 2.79. The minimum Gasteiger partial charge on any atom is -0.409 e. The van der Waals surface area contributed by atoms with E-state index in [9.17, 15) is 4.79 Å². The predicted octanol–water partition coefficient (Wildman–Crippen LogP) is 1.39. The second-order valence-corrected chi connectivity index (χ2v) is 5.22. The van der Waals surface area contributed by atoms with E-state index in [1.807, 2.05) is 20.9 Å². The van der Waals surface area contributed by atoms with Crippen LogP contribution in [0.5, 0.6) is 0 Å². The molecule has 118 valence electrons.